The van der Waals surface area contributed by atoms with Crippen LogP contribution in [0.1, 0.15) is 29.8 Å². The summed E-state index contributed by atoms with van der Waals surface area (Å²) in [4.78, 5) is 24.7. The summed E-state index contributed by atoms with van der Waals surface area (Å²) in [6.07, 6.45) is -0.282. The lowest BCUT2D eigenvalue weighted by Crippen LogP contribution is -2.30. The predicted octanol–water partition coefficient (Wildman–Crippen LogP) is 6.19. The van der Waals surface area contributed by atoms with E-state index in [9.17, 15) is 18.0 Å². The lowest BCUT2D eigenvalue weighted by atomic mass is 10.1. The number of nitrogens with one attached hydrogen (secondary N) is 2. The molecule has 0 saturated carbocycles. The van der Waals surface area contributed by atoms with Gasteiger partial charge in [-0.3, -0.25) is 9.52 Å². The van der Waals surface area contributed by atoms with E-state index in [2.05, 4.69) is 10.0 Å². The Morgan fingerprint density at radius 3 is 2.26 bits per heavy atom. The van der Waals surface area contributed by atoms with Gasteiger partial charge in [0.25, 0.3) is 15.9 Å². The lowest BCUT2D eigenvalue weighted by molar-refractivity contribution is -0.123. The molecule has 3 rings (SSSR count). The van der Waals surface area contributed by atoms with Gasteiger partial charge in [-0.2, -0.15) is 0 Å². The third kappa shape index (κ3) is 6.89. The predicted molar refractivity (Wildman–Crippen MR) is 138 cm³/mol. The molecule has 3 aromatic rings. The molecule has 0 saturated heterocycles. The fraction of sp³-hybridized carbons (Fsp3) is 0.167. The van der Waals surface area contributed by atoms with Gasteiger partial charge in [0, 0.05) is 10.7 Å². The van der Waals surface area contributed by atoms with Gasteiger partial charge >= 0.3 is 5.97 Å². The molecule has 184 valence electrons. The van der Waals surface area contributed by atoms with Crippen molar-refractivity contribution in [2.75, 3.05) is 10.0 Å². The lowest BCUT2D eigenvalue weighted by Gasteiger charge is -2.15. The van der Waals surface area contributed by atoms with Crippen molar-refractivity contribution in [3.05, 3.63) is 86.9 Å². The number of sulfonamides is 1. The van der Waals surface area contributed by atoms with Crippen LogP contribution in [0.2, 0.25) is 15.1 Å². The van der Waals surface area contributed by atoms with Gasteiger partial charge in [0.1, 0.15) is 4.90 Å². The van der Waals surface area contributed by atoms with Gasteiger partial charge in [-0.25, -0.2) is 13.2 Å². The molecule has 2 N–H and O–H groups in total. The highest BCUT2D eigenvalue weighted by Crippen LogP contribution is 2.30. The Bertz CT molecular complexity index is 1360. The van der Waals surface area contributed by atoms with Gasteiger partial charge in [-0.15, -0.1) is 0 Å². The molecule has 0 fully saturated rings. The van der Waals surface area contributed by atoms with Crippen LogP contribution in [-0.4, -0.2) is 26.4 Å². The third-order valence-electron chi connectivity index (χ3n) is 4.91. The molecule has 3 aromatic carbocycles. The van der Waals surface area contributed by atoms with Crippen molar-refractivity contribution < 1.29 is 22.7 Å². The molecule has 7 nitrogen and oxygen atoms in total. The van der Waals surface area contributed by atoms with E-state index in [0.29, 0.717) is 5.69 Å². The molecule has 11 heteroatoms. The highest BCUT2D eigenvalue weighted by Gasteiger charge is 2.24. The molecule has 35 heavy (non-hydrogen) atoms. The zero-order valence-electron chi connectivity index (χ0n) is 18.6. The largest absolute Gasteiger partial charge is 0.449 e. The summed E-state index contributed by atoms with van der Waals surface area (Å²) in [6.45, 7) is 3.43. The fourth-order valence-corrected chi connectivity index (χ4v) is 4.95. The minimum absolute atomic E-state index is 0.0421. The SMILES string of the molecule is CCc1ccc(NC(=O)[C@@H](C)OC(=O)c2ccc(Cl)c(S(=O)(=O)Nc3cc(Cl)ccc3Cl)c2)cc1. The van der Waals surface area contributed by atoms with Crippen molar-refractivity contribution in [2.45, 2.75) is 31.3 Å². The summed E-state index contributed by atoms with van der Waals surface area (Å²) in [6, 6.07) is 15.1. The molecule has 0 aliphatic carbocycles. The number of carbonyl (C=O) groups is 2. The Balaban J connectivity index is 1.74. The molecular weight excluding hydrogens is 535 g/mol. The van der Waals surface area contributed by atoms with Crippen molar-refractivity contribution in [1.82, 2.24) is 0 Å². The van der Waals surface area contributed by atoms with E-state index in [-0.39, 0.29) is 31.2 Å². The van der Waals surface area contributed by atoms with E-state index >= 15 is 0 Å². The molecule has 0 radical (unpaired) electrons. The van der Waals surface area contributed by atoms with Crippen LogP contribution in [-0.2, 0) is 26.0 Å². The van der Waals surface area contributed by atoms with E-state index in [1.165, 1.54) is 37.3 Å². The summed E-state index contributed by atoms with van der Waals surface area (Å²) in [5.41, 5.74) is 1.60. The minimum Gasteiger partial charge on any atom is -0.449 e. The van der Waals surface area contributed by atoms with Gasteiger partial charge in [0.15, 0.2) is 6.10 Å². The Hall–Kier alpha value is -2.78. The smallest absolute Gasteiger partial charge is 0.338 e. The number of benzene rings is 3. The molecule has 0 aliphatic heterocycles. The third-order valence-corrected chi connectivity index (χ3v) is 7.32. The van der Waals surface area contributed by atoms with E-state index in [4.69, 9.17) is 39.5 Å². The number of carbonyl (C=O) groups excluding carboxylic acids is 2. The second-order valence-corrected chi connectivity index (χ2v) is 10.4. The number of hydrogen-bond acceptors (Lipinski definition) is 5. The first kappa shape index (κ1) is 26.8. The van der Waals surface area contributed by atoms with Crippen molar-refractivity contribution in [1.29, 1.82) is 0 Å². The zero-order valence-corrected chi connectivity index (χ0v) is 21.7. The summed E-state index contributed by atoms with van der Waals surface area (Å²) >= 11 is 18.1. The fourth-order valence-electron chi connectivity index (χ4n) is 2.96. The Labute approximate surface area is 218 Å². The van der Waals surface area contributed by atoms with E-state index in [0.717, 1.165) is 18.1 Å². The van der Waals surface area contributed by atoms with Crippen LogP contribution in [0.4, 0.5) is 11.4 Å². The Morgan fingerprint density at radius 2 is 1.60 bits per heavy atom. The molecule has 0 spiro atoms. The van der Waals surface area contributed by atoms with Crippen molar-refractivity contribution in [3.8, 4) is 0 Å². The number of esters is 1. The van der Waals surface area contributed by atoms with Crippen LogP contribution < -0.4 is 10.0 Å². The molecule has 1 atom stereocenters. The van der Waals surface area contributed by atoms with Crippen LogP contribution in [0.25, 0.3) is 0 Å². The Kier molecular flexibility index (Phi) is 8.66. The summed E-state index contributed by atoms with van der Waals surface area (Å²) in [5.74, 6) is -1.44. The quantitative estimate of drug-likeness (QED) is 0.323. The van der Waals surface area contributed by atoms with Crippen LogP contribution in [0.15, 0.2) is 65.6 Å². The van der Waals surface area contributed by atoms with Gasteiger partial charge < -0.3 is 10.1 Å². The highest BCUT2D eigenvalue weighted by atomic mass is 35.5. The molecule has 1 amide bonds. The van der Waals surface area contributed by atoms with E-state index < -0.39 is 28.0 Å². The number of amides is 1. The maximum atomic E-state index is 12.9. The average molecular weight is 556 g/mol. The van der Waals surface area contributed by atoms with Crippen molar-refractivity contribution >= 4 is 68.1 Å². The first-order chi connectivity index (χ1) is 16.5. The first-order valence-corrected chi connectivity index (χ1v) is 13.0. The van der Waals surface area contributed by atoms with Gasteiger partial charge in [-0.05, 0) is 67.4 Å². The van der Waals surface area contributed by atoms with Crippen molar-refractivity contribution in [2.24, 2.45) is 0 Å². The number of halogens is 3. The number of hydrogen-bond donors (Lipinski definition) is 2. The maximum Gasteiger partial charge on any atom is 0.338 e. The van der Waals surface area contributed by atoms with Gasteiger partial charge in [-0.1, -0.05) is 53.9 Å². The number of anilines is 2. The van der Waals surface area contributed by atoms with Crippen LogP contribution in [0, 0.1) is 0 Å². The highest BCUT2D eigenvalue weighted by molar-refractivity contribution is 7.92. The van der Waals surface area contributed by atoms with E-state index in [1.807, 2.05) is 19.1 Å². The van der Waals surface area contributed by atoms with Crippen LogP contribution >= 0.6 is 34.8 Å². The molecule has 0 bridgehead atoms. The summed E-state index contributed by atoms with van der Waals surface area (Å²) in [5, 5.41) is 2.92. The van der Waals surface area contributed by atoms with Crippen LogP contribution in [0.3, 0.4) is 0 Å². The molecule has 0 unspecified atom stereocenters. The number of aryl methyl sites for hydroxylation is 1. The molecule has 0 aliphatic rings. The van der Waals surface area contributed by atoms with Gasteiger partial charge in [0.2, 0.25) is 0 Å². The number of rotatable bonds is 8. The van der Waals surface area contributed by atoms with Crippen LogP contribution in [0.5, 0.6) is 0 Å². The van der Waals surface area contributed by atoms with E-state index in [1.54, 1.807) is 12.1 Å². The standard InChI is InChI=1S/C24H21Cl3N2O5S/c1-3-15-4-8-18(9-5-15)28-23(30)14(2)34-24(31)16-6-10-20(27)22(12-16)35(32,33)29-21-13-17(25)7-11-19(21)26/h4-14,29H,3H2,1-2H3,(H,28,30)/t14-/m1/s1. The zero-order chi connectivity index (χ0) is 25.8. The molecule has 0 aromatic heterocycles. The minimum atomic E-state index is -4.24. The average Bonchev–Trinajstić information content (AvgIpc) is 2.81. The normalized spacial score (nSPS) is 12.0. The maximum absolute atomic E-state index is 12.9. The van der Waals surface area contributed by atoms with Gasteiger partial charge in [0.05, 0.1) is 21.3 Å². The molecule has 0 heterocycles. The topological polar surface area (TPSA) is 102 Å². The Morgan fingerprint density at radius 1 is 0.943 bits per heavy atom. The monoisotopic (exact) mass is 554 g/mol. The second-order valence-electron chi connectivity index (χ2n) is 7.46. The van der Waals surface area contributed by atoms with Crippen molar-refractivity contribution in [3.63, 3.8) is 0 Å². The second kappa shape index (κ2) is 11.3. The summed E-state index contributed by atoms with van der Waals surface area (Å²) in [7, 11) is -4.24. The number of ether oxygens (including phenoxy) is 1. The molecular formula is C24H21Cl3N2O5S. The summed E-state index contributed by atoms with van der Waals surface area (Å²) < 4.78 is 33.4. The first-order valence-electron chi connectivity index (χ1n) is 10.4.